The van der Waals surface area contributed by atoms with E-state index in [2.05, 4.69) is 10.2 Å². The SMILES string of the molecule is O[C@H](c1cc(Cl)cc2cn[nH]c12)C1CCCCC1. The van der Waals surface area contributed by atoms with Gasteiger partial charge in [-0.2, -0.15) is 5.10 Å². The molecule has 3 nitrogen and oxygen atoms in total. The number of fused-ring (bicyclic) bond motifs is 1. The molecular formula is C14H17ClN2O. The van der Waals surface area contributed by atoms with Crippen LogP contribution in [-0.2, 0) is 0 Å². The van der Waals surface area contributed by atoms with Crippen molar-refractivity contribution in [2.45, 2.75) is 38.2 Å². The number of benzene rings is 1. The zero-order valence-electron chi connectivity index (χ0n) is 10.2. The Bertz CT molecular complexity index is 546. The van der Waals surface area contributed by atoms with E-state index in [9.17, 15) is 5.11 Å². The second kappa shape index (κ2) is 4.90. The quantitative estimate of drug-likeness (QED) is 0.866. The highest BCUT2D eigenvalue weighted by Gasteiger charge is 2.25. The molecule has 0 saturated heterocycles. The summed E-state index contributed by atoms with van der Waals surface area (Å²) in [7, 11) is 0. The maximum atomic E-state index is 10.6. The molecule has 0 radical (unpaired) electrons. The second-order valence-electron chi connectivity index (χ2n) is 5.17. The topological polar surface area (TPSA) is 48.9 Å². The van der Waals surface area contributed by atoms with Gasteiger partial charge in [-0.1, -0.05) is 30.9 Å². The molecule has 1 saturated carbocycles. The molecule has 18 heavy (non-hydrogen) atoms. The average Bonchev–Trinajstić information content (AvgIpc) is 2.86. The standard InChI is InChI=1S/C14H17ClN2O/c15-11-6-10-8-16-17-13(10)12(7-11)14(18)9-4-2-1-3-5-9/h6-9,14,18H,1-5H2,(H,16,17)/t14-/m0/s1. The van der Waals surface area contributed by atoms with Crippen molar-refractivity contribution in [2.24, 2.45) is 5.92 Å². The first-order valence-electron chi connectivity index (χ1n) is 6.56. The van der Waals surface area contributed by atoms with E-state index >= 15 is 0 Å². The second-order valence-corrected chi connectivity index (χ2v) is 5.61. The molecule has 4 heteroatoms. The molecule has 1 aromatic heterocycles. The van der Waals surface area contributed by atoms with Crippen LogP contribution in [0.25, 0.3) is 10.9 Å². The van der Waals surface area contributed by atoms with Gasteiger partial charge in [-0.15, -0.1) is 0 Å². The fourth-order valence-corrected chi connectivity index (χ4v) is 3.22. The van der Waals surface area contributed by atoms with E-state index in [1.54, 1.807) is 6.20 Å². The Balaban J connectivity index is 1.99. The number of nitrogens with one attached hydrogen (secondary N) is 1. The van der Waals surface area contributed by atoms with Gasteiger partial charge in [0.2, 0.25) is 0 Å². The van der Waals surface area contributed by atoms with Crippen LogP contribution in [-0.4, -0.2) is 15.3 Å². The number of hydrogen-bond donors (Lipinski definition) is 2. The van der Waals surface area contributed by atoms with Crippen molar-refractivity contribution in [3.05, 3.63) is 28.9 Å². The Morgan fingerprint density at radius 2 is 2.06 bits per heavy atom. The molecule has 0 bridgehead atoms. The number of aliphatic hydroxyl groups excluding tert-OH is 1. The molecule has 2 N–H and O–H groups in total. The lowest BCUT2D eigenvalue weighted by molar-refractivity contribution is 0.0859. The van der Waals surface area contributed by atoms with Gasteiger partial charge in [0.25, 0.3) is 0 Å². The predicted octanol–water partition coefficient (Wildman–Crippen LogP) is 3.83. The highest BCUT2D eigenvalue weighted by Crippen LogP contribution is 2.37. The van der Waals surface area contributed by atoms with Crippen molar-refractivity contribution in [3.8, 4) is 0 Å². The van der Waals surface area contributed by atoms with E-state index in [1.165, 1.54) is 19.3 Å². The number of aromatic amines is 1. The largest absolute Gasteiger partial charge is 0.388 e. The first kappa shape index (κ1) is 12.0. The van der Waals surface area contributed by atoms with E-state index in [4.69, 9.17) is 11.6 Å². The van der Waals surface area contributed by atoms with Crippen molar-refractivity contribution >= 4 is 22.5 Å². The molecule has 0 unspecified atom stereocenters. The normalized spacial score (nSPS) is 19.2. The summed E-state index contributed by atoms with van der Waals surface area (Å²) in [6.07, 6.45) is 7.23. The molecule has 2 aromatic rings. The highest BCUT2D eigenvalue weighted by atomic mass is 35.5. The van der Waals surface area contributed by atoms with Crippen LogP contribution in [0.1, 0.15) is 43.8 Å². The summed E-state index contributed by atoms with van der Waals surface area (Å²) in [5.41, 5.74) is 1.80. The lowest BCUT2D eigenvalue weighted by atomic mass is 9.82. The smallest absolute Gasteiger partial charge is 0.0839 e. The summed E-state index contributed by atoms with van der Waals surface area (Å²) < 4.78 is 0. The monoisotopic (exact) mass is 264 g/mol. The number of aliphatic hydroxyl groups is 1. The minimum atomic E-state index is -0.438. The number of hydrogen-bond acceptors (Lipinski definition) is 2. The Hall–Kier alpha value is -1.06. The molecular weight excluding hydrogens is 248 g/mol. The molecule has 0 spiro atoms. The van der Waals surface area contributed by atoms with Crippen molar-refractivity contribution in [1.82, 2.24) is 10.2 Å². The Morgan fingerprint density at radius 1 is 1.28 bits per heavy atom. The number of H-pyrrole nitrogens is 1. The van der Waals surface area contributed by atoms with Crippen LogP contribution in [0.5, 0.6) is 0 Å². The van der Waals surface area contributed by atoms with Gasteiger partial charge >= 0.3 is 0 Å². The summed E-state index contributed by atoms with van der Waals surface area (Å²) in [5.74, 6) is 0.351. The summed E-state index contributed by atoms with van der Waals surface area (Å²) in [5, 5.41) is 19.2. The maximum absolute atomic E-state index is 10.6. The number of halogens is 1. The van der Waals surface area contributed by atoms with Crippen LogP contribution >= 0.6 is 11.6 Å². The zero-order valence-corrected chi connectivity index (χ0v) is 11.0. The van der Waals surface area contributed by atoms with Gasteiger partial charge in [0.15, 0.2) is 0 Å². The Labute approximate surface area is 111 Å². The molecule has 1 heterocycles. The van der Waals surface area contributed by atoms with Gasteiger partial charge in [-0.05, 0) is 30.9 Å². The molecule has 3 rings (SSSR count). The van der Waals surface area contributed by atoms with Crippen molar-refractivity contribution in [3.63, 3.8) is 0 Å². The number of rotatable bonds is 2. The number of aromatic nitrogens is 2. The third kappa shape index (κ3) is 2.13. The number of nitrogens with zero attached hydrogens (tertiary/aromatic N) is 1. The summed E-state index contributed by atoms with van der Waals surface area (Å²) >= 11 is 6.11. The molecule has 1 fully saturated rings. The van der Waals surface area contributed by atoms with Gasteiger partial charge in [0.1, 0.15) is 0 Å². The van der Waals surface area contributed by atoms with Crippen molar-refractivity contribution in [1.29, 1.82) is 0 Å². The maximum Gasteiger partial charge on any atom is 0.0839 e. The lowest BCUT2D eigenvalue weighted by Crippen LogP contribution is -2.16. The minimum absolute atomic E-state index is 0.351. The van der Waals surface area contributed by atoms with Crippen LogP contribution in [0.3, 0.4) is 0 Å². The van der Waals surface area contributed by atoms with Crippen molar-refractivity contribution < 1.29 is 5.11 Å². The van der Waals surface area contributed by atoms with Gasteiger partial charge in [0.05, 0.1) is 17.8 Å². The molecule has 1 aliphatic rings. The van der Waals surface area contributed by atoms with Gasteiger partial charge < -0.3 is 5.11 Å². The van der Waals surface area contributed by atoms with Gasteiger partial charge in [-0.25, -0.2) is 0 Å². The van der Waals surface area contributed by atoms with Crippen LogP contribution in [0.2, 0.25) is 5.02 Å². The van der Waals surface area contributed by atoms with Crippen molar-refractivity contribution in [2.75, 3.05) is 0 Å². The van der Waals surface area contributed by atoms with E-state index in [0.717, 1.165) is 29.3 Å². The van der Waals surface area contributed by atoms with E-state index in [1.807, 2.05) is 12.1 Å². The van der Waals surface area contributed by atoms with Crippen LogP contribution < -0.4 is 0 Å². The molecule has 1 aliphatic carbocycles. The van der Waals surface area contributed by atoms with Crippen LogP contribution in [0, 0.1) is 5.92 Å². The summed E-state index contributed by atoms with van der Waals surface area (Å²) in [6.45, 7) is 0. The zero-order chi connectivity index (χ0) is 12.5. The van der Waals surface area contributed by atoms with E-state index < -0.39 is 6.10 Å². The summed E-state index contributed by atoms with van der Waals surface area (Å²) in [6, 6.07) is 3.73. The third-order valence-corrected chi connectivity index (χ3v) is 4.18. The molecule has 1 aromatic carbocycles. The highest BCUT2D eigenvalue weighted by molar-refractivity contribution is 6.31. The molecule has 0 amide bonds. The minimum Gasteiger partial charge on any atom is -0.388 e. The van der Waals surface area contributed by atoms with E-state index in [-0.39, 0.29) is 0 Å². The first-order chi connectivity index (χ1) is 8.75. The Morgan fingerprint density at radius 3 is 2.83 bits per heavy atom. The lowest BCUT2D eigenvalue weighted by Gasteiger charge is -2.27. The van der Waals surface area contributed by atoms with Crippen LogP contribution in [0.4, 0.5) is 0 Å². The molecule has 0 aliphatic heterocycles. The molecule has 1 atom stereocenters. The van der Waals surface area contributed by atoms with E-state index in [0.29, 0.717) is 10.9 Å². The molecule has 96 valence electrons. The van der Waals surface area contributed by atoms with Gasteiger partial charge in [-0.3, -0.25) is 5.10 Å². The first-order valence-corrected chi connectivity index (χ1v) is 6.94. The third-order valence-electron chi connectivity index (χ3n) is 3.96. The average molecular weight is 265 g/mol. The fourth-order valence-electron chi connectivity index (χ4n) is 2.98. The summed E-state index contributed by atoms with van der Waals surface area (Å²) in [4.78, 5) is 0. The van der Waals surface area contributed by atoms with Crippen LogP contribution in [0.15, 0.2) is 18.3 Å². The fraction of sp³-hybridized carbons (Fsp3) is 0.500. The van der Waals surface area contributed by atoms with Gasteiger partial charge in [0, 0.05) is 16.0 Å². The predicted molar refractivity (Wildman–Crippen MR) is 72.6 cm³/mol. The Kier molecular flexibility index (Phi) is 3.27.